The van der Waals surface area contributed by atoms with Crippen LogP contribution in [0.3, 0.4) is 0 Å². The summed E-state index contributed by atoms with van der Waals surface area (Å²) in [5, 5.41) is 11.0. The standard InChI is InChI=1S/C34H40F2N6O5/c1-32(2,3)47-31(46)39-33(4,5)29(44)38-25(17-11-15-23-14-10-16-24(37-23)27(35)36)28(43)42-19-18-26-34(21-42,30(45)41(6)40-26)20-22-12-8-7-9-13-22/h7-10,12-14,16,25,27H,17-21H2,1-6H3,(H,38,44)(H,39,46)/t25-,34-/m1/s1. The van der Waals surface area contributed by atoms with Gasteiger partial charge in [0.25, 0.3) is 12.3 Å². The molecular weight excluding hydrogens is 610 g/mol. The largest absolute Gasteiger partial charge is 0.444 e. The first-order chi connectivity index (χ1) is 22.0. The van der Waals surface area contributed by atoms with Crippen molar-refractivity contribution >= 4 is 29.5 Å². The maximum absolute atomic E-state index is 14.2. The van der Waals surface area contributed by atoms with Gasteiger partial charge in [0.1, 0.15) is 34.0 Å². The second-order valence-corrected chi connectivity index (χ2v) is 13.2. The number of amides is 4. The number of hydrogen-bond donors (Lipinski definition) is 2. The van der Waals surface area contributed by atoms with E-state index < -0.39 is 52.6 Å². The minimum absolute atomic E-state index is 0.0279. The second kappa shape index (κ2) is 13.9. The number of pyridine rings is 1. The number of piperidine rings is 1. The summed E-state index contributed by atoms with van der Waals surface area (Å²) in [6, 6.07) is 12.3. The molecule has 0 bridgehead atoms. The van der Waals surface area contributed by atoms with Crippen LogP contribution in [0.4, 0.5) is 13.6 Å². The lowest BCUT2D eigenvalue weighted by atomic mass is 9.73. The molecule has 2 aliphatic heterocycles. The molecule has 47 heavy (non-hydrogen) atoms. The number of likely N-dealkylation sites (tertiary alicyclic amines) is 1. The molecule has 4 rings (SSSR count). The van der Waals surface area contributed by atoms with Crippen molar-refractivity contribution in [3.63, 3.8) is 0 Å². The number of nitrogens with zero attached hydrogens (tertiary/aromatic N) is 4. The number of hydrazone groups is 1. The molecule has 2 aliphatic rings. The zero-order chi connectivity index (χ0) is 34.6. The average molecular weight is 651 g/mol. The Bertz CT molecular complexity index is 1610. The van der Waals surface area contributed by atoms with E-state index in [1.165, 1.54) is 42.0 Å². The molecule has 1 fully saturated rings. The molecule has 13 heteroatoms. The van der Waals surface area contributed by atoms with Crippen LogP contribution in [-0.2, 0) is 25.5 Å². The first-order valence-corrected chi connectivity index (χ1v) is 15.3. The van der Waals surface area contributed by atoms with E-state index in [4.69, 9.17) is 4.74 Å². The van der Waals surface area contributed by atoms with Crippen LogP contribution in [0.15, 0.2) is 53.6 Å². The van der Waals surface area contributed by atoms with Gasteiger partial charge in [0.05, 0.1) is 5.71 Å². The molecule has 2 aromatic rings. The zero-order valence-electron chi connectivity index (χ0n) is 27.4. The Balaban J connectivity index is 1.61. The van der Waals surface area contributed by atoms with Gasteiger partial charge < -0.3 is 20.3 Å². The Morgan fingerprint density at radius 1 is 1.06 bits per heavy atom. The van der Waals surface area contributed by atoms with E-state index in [9.17, 15) is 28.0 Å². The van der Waals surface area contributed by atoms with E-state index in [0.29, 0.717) is 18.6 Å². The minimum atomic E-state index is -2.78. The second-order valence-electron chi connectivity index (χ2n) is 13.2. The van der Waals surface area contributed by atoms with Crippen LogP contribution in [0.2, 0.25) is 0 Å². The molecule has 2 atom stereocenters. The van der Waals surface area contributed by atoms with Crippen molar-refractivity contribution in [2.45, 2.75) is 77.5 Å². The van der Waals surface area contributed by atoms with Crippen LogP contribution in [0.5, 0.6) is 0 Å². The summed E-state index contributed by atoms with van der Waals surface area (Å²) in [6.07, 6.45) is -3.13. The third-order valence-electron chi connectivity index (χ3n) is 7.77. The fourth-order valence-corrected chi connectivity index (χ4v) is 5.48. The van der Waals surface area contributed by atoms with E-state index in [1.54, 1.807) is 27.8 Å². The lowest BCUT2D eigenvalue weighted by Gasteiger charge is -2.40. The molecule has 2 N–H and O–H groups in total. The molecular formula is C34H40F2N6O5. The molecule has 1 aromatic heterocycles. The molecule has 1 aromatic carbocycles. The van der Waals surface area contributed by atoms with Crippen molar-refractivity contribution in [2.24, 2.45) is 10.5 Å². The van der Waals surface area contributed by atoms with Crippen LogP contribution < -0.4 is 10.6 Å². The number of alkyl halides is 2. The van der Waals surface area contributed by atoms with Gasteiger partial charge in [0, 0.05) is 33.0 Å². The van der Waals surface area contributed by atoms with E-state index in [1.807, 2.05) is 30.3 Å². The minimum Gasteiger partial charge on any atom is -0.444 e. The summed E-state index contributed by atoms with van der Waals surface area (Å²) in [5.74, 6) is 4.08. The van der Waals surface area contributed by atoms with Crippen LogP contribution in [0, 0.1) is 17.3 Å². The smallest absolute Gasteiger partial charge is 0.408 e. The highest BCUT2D eigenvalue weighted by atomic mass is 19.3. The topological polar surface area (TPSA) is 133 Å². The van der Waals surface area contributed by atoms with E-state index in [-0.39, 0.29) is 31.1 Å². The van der Waals surface area contributed by atoms with Crippen LogP contribution >= 0.6 is 0 Å². The van der Waals surface area contributed by atoms with Crippen LogP contribution in [-0.4, -0.2) is 81.7 Å². The van der Waals surface area contributed by atoms with Crippen molar-refractivity contribution in [3.05, 3.63) is 65.5 Å². The monoisotopic (exact) mass is 650 g/mol. The van der Waals surface area contributed by atoms with Gasteiger partial charge in [-0.3, -0.25) is 14.4 Å². The number of aromatic nitrogens is 1. The number of alkyl carbamates (subject to hydrolysis) is 1. The highest BCUT2D eigenvalue weighted by Crippen LogP contribution is 2.38. The molecule has 0 unspecified atom stereocenters. The molecule has 0 radical (unpaired) electrons. The molecule has 250 valence electrons. The Hall–Kier alpha value is -4.86. The predicted molar refractivity (Wildman–Crippen MR) is 170 cm³/mol. The fraction of sp³-hybridized carbons (Fsp3) is 0.471. The molecule has 3 heterocycles. The highest BCUT2D eigenvalue weighted by Gasteiger charge is 2.54. The third-order valence-corrected chi connectivity index (χ3v) is 7.77. The Morgan fingerprint density at radius 3 is 2.43 bits per heavy atom. The molecule has 0 saturated carbocycles. The van der Waals surface area contributed by atoms with E-state index in [2.05, 4.69) is 32.6 Å². The summed E-state index contributed by atoms with van der Waals surface area (Å²) in [7, 11) is 1.59. The highest BCUT2D eigenvalue weighted by molar-refractivity contribution is 6.13. The summed E-state index contributed by atoms with van der Waals surface area (Å²) in [4.78, 5) is 59.1. The summed E-state index contributed by atoms with van der Waals surface area (Å²) < 4.78 is 31.6. The third kappa shape index (κ3) is 8.49. The summed E-state index contributed by atoms with van der Waals surface area (Å²) in [5.41, 5.74) is -2.16. The number of fused-ring (bicyclic) bond motifs is 1. The van der Waals surface area contributed by atoms with Crippen LogP contribution in [0.1, 0.15) is 70.8 Å². The number of nitrogens with one attached hydrogen (secondary N) is 2. The van der Waals surface area contributed by atoms with Crippen molar-refractivity contribution in [1.29, 1.82) is 0 Å². The number of rotatable bonds is 8. The Kier molecular flexibility index (Phi) is 10.3. The van der Waals surface area contributed by atoms with E-state index in [0.717, 1.165) is 5.56 Å². The van der Waals surface area contributed by atoms with Crippen molar-refractivity contribution in [3.8, 4) is 11.8 Å². The maximum Gasteiger partial charge on any atom is 0.408 e. The first kappa shape index (κ1) is 35.0. The number of carbonyl (C=O) groups is 4. The first-order valence-electron chi connectivity index (χ1n) is 15.3. The van der Waals surface area contributed by atoms with Gasteiger partial charge in [0.2, 0.25) is 11.8 Å². The SMILES string of the molecule is CN1N=C2CCN(C(=O)[C@@H](CC#Cc3cccc(C(F)F)n3)NC(=O)C(C)(C)NC(=O)OC(C)(C)C)C[C@@]2(Cc2ccccc2)C1=O. The number of hydrogen-bond acceptors (Lipinski definition) is 7. The van der Waals surface area contributed by atoms with E-state index >= 15 is 0 Å². The lowest BCUT2D eigenvalue weighted by molar-refractivity contribution is -0.142. The normalized spacial score (nSPS) is 18.5. The van der Waals surface area contributed by atoms with Crippen molar-refractivity contribution < 1.29 is 32.7 Å². The molecule has 0 spiro atoms. The van der Waals surface area contributed by atoms with Crippen LogP contribution in [0.25, 0.3) is 0 Å². The number of ether oxygens (including phenoxy) is 1. The number of halogens is 2. The Morgan fingerprint density at radius 2 is 1.77 bits per heavy atom. The average Bonchev–Trinajstić information content (AvgIpc) is 3.23. The summed E-state index contributed by atoms with van der Waals surface area (Å²) in [6.45, 7) is 8.25. The number of benzene rings is 1. The molecule has 0 aliphatic carbocycles. The van der Waals surface area contributed by atoms with Gasteiger partial charge in [-0.25, -0.2) is 23.6 Å². The summed E-state index contributed by atoms with van der Waals surface area (Å²) >= 11 is 0. The quantitative estimate of drug-likeness (QED) is 0.418. The maximum atomic E-state index is 14.2. The van der Waals surface area contributed by atoms with Gasteiger partial charge in [-0.2, -0.15) is 5.10 Å². The van der Waals surface area contributed by atoms with Gasteiger partial charge in [-0.1, -0.05) is 42.3 Å². The fourth-order valence-electron chi connectivity index (χ4n) is 5.48. The molecule has 4 amide bonds. The Labute approximate surface area is 273 Å². The zero-order valence-corrected chi connectivity index (χ0v) is 27.4. The van der Waals surface area contributed by atoms with Crippen molar-refractivity contribution in [1.82, 2.24) is 25.5 Å². The van der Waals surface area contributed by atoms with Gasteiger partial charge in [-0.15, -0.1) is 0 Å². The number of carbonyl (C=O) groups excluding carboxylic acids is 4. The van der Waals surface area contributed by atoms with Gasteiger partial charge in [0.15, 0.2) is 0 Å². The molecule has 11 nitrogen and oxygen atoms in total. The van der Waals surface area contributed by atoms with Gasteiger partial charge >= 0.3 is 6.09 Å². The van der Waals surface area contributed by atoms with Crippen molar-refractivity contribution in [2.75, 3.05) is 20.1 Å². The predicted octanol–water partition coefficient (Wildman–Crippen LogP) is 3.84. The molecule has 1 saturated heterocycles. The lowest BCUT2D eigenvalue weighted by Crippen LogP contribution is -2.62. The van der Waals surface area contributed by atoms with Gasteiger partial charge in [-0.05, 0) is 64.7 Å².